The molecule has 0 saturated heterocycles. The zero-order chi connectivity index (χ0) is 18.1. The number of anilines is 1. The van der Waals surface area contributed by atoms with Crippen LogP contribution in [-0.4, -0.2) is 5.11 Å². The van der Waals surface area contributed by atoms with Crippen LogP contribution in [0.4, 0.5) is 18.9 Å². The maximum Gasteiger partial charge on any atom is 0.417 e. The van der Waals surface area contributed by atoms with E-state index in [-0.39, 0.29) is 15.8 Å². The van der Waals surface area contributed by atoms with Gasteiger partial charge in [-0.2, -0.15) is 13.2 Å². The summed E-state index contributed by atoms with van der Waals surface area (Å²) in [5.74, 6) is 0.779. The molecule has 2 aromatic rings. The number of furan rings is 1. The lowest BCUT2D eigenvalue weighted by atomic mass is 9.94. The molecule has 1 saturated carbocycles. The van der Waals surface area contributed by atoms with Gasteiger partial charge in [0.25, 0.3) is 0 Å². The van der Waals surface area contributed by atoms with Crippen molar-refractivity contribution in [2.45, 2.75) is 37.4 Å². The fraction of sp³-hybridized carbons (Fsp3) is 0.353. The minimum absolute atomic E-state index is 0.224. The normalized spacial score (nSPS) is 16.6. The lowest BCUT2D eigenvalue weighted by molar-refractivity contribution is -0.137. The van der Waals surface area contributed by atoms with Gasteiger partial charge in [-0.05, 0) is 55.4 Å². The molecule has 25 heavy (non-hydrogen) atoms. The van der Waals surface area contributed by atoms with Crippen LogP contribution < -0.4 is 10.6 Å². The molecule has 0 amide bonds. The fourth-order valence-electron chi connectivity index (χ4n) is 3.16. The summed E-state index contributed by atoms with van der Waals surface area (Å²) in [5.41, 5.74) is -1.10. The van der Waals surface area contributed by atoms with Crippen LogP contribution in [0.3, 0.4) is 0 Å². The summed E-state index contributed by atoms with van der Waals surface area (Å²) < 4.78 is 44.4. The molecule has 0 aliphatic heterocycles. The molecule has 1 aliphatic carbocycles. The van der Waals surface area contributed by atoms with Gasteiger partial charge in [-0.3, -0.25) is 0 Å². The van der Waals surface area contributed by atoms with Crippen molar-refractivity contribution in [1.29, 1.82) is 0 Å². The Bertz CT molecular complexity index is 756. The van der Waals surface area contributed by atoms with Gasteiger partial charge in [0.05, 0.1) is 22.4 Å². The van der Waals surface area contributed by atoms with Crippen molar-refractivity contribution in [2.75, 3.05) is 5.32 Å². The van der Waals surface area contributed by atoms with Crippen LogP contribution in [0.5, 0.6) is 0 Å². The average Bonchev–Trinajstić information content (AvgIpc) is 3.19. The van der Waals surface area contributed by atoms with E-state index in [2.05, 4.69) is 10.6 Å². The molecule has 0 spiro atoms. The van der Waals surface area contributed by atoms with Crippen LogP contribution >= 0.6 is 23.8 Å². The second kappa shape index (κ2) is 6.88. The molecule has 1 heterocycles. The Labute approximate surface area is 153 Å². The van der Waals surface area contributed by atoms with Crippen molar-refractivity contribution in [2.24, 2.45) is 0 Å². The molecule has 0 unspecified atom stereocenters. The van der Waals surface area contributed by atoms with Crippen LogP contribution in [0.2, 0.25) is 5.02 Å². The zero-order valence-electron chi connectivity index (χ0n) is 13.1. The Balaban J connectivity index is 1.76. The molecule has 0 atom stereocenters. The zero-order valence-corrected chi connectivity index (χ0v) is 14.7. The summed E-state index contributed by atoms with van der Waals surface area (Å²) in [6.45, 7) is 0. The number of thiocarbonyl (C=S) groups is 1. The van der Waals surface area contributed by atoms with Gasteiger partial charge in [-0.15, -0.1) is 0 Å². The van der Waals surface area contributed by atoms with Gasteiger partial charge in [0.15, 0.2) is 5.11 Å². The number of alkyl halides is 3. The van der Waals surface area contributed by atoms with Gasteiger partial charge in [0, 0.05) is 5.69 Å². The monoisotopic (exact) mass is 388 g/mol. The summed E-state index contributed by atoms with van der Waals surface area (Å²) in [6.07, 6.45) is 0.811. The molecule has 8 heteroatoms. The van der Waals surface area contributed by atoms with Crippen molar-refractivity contribution < 1.29 is 17.6 Å². The van der Waals surface area contributed by atoms with E-state index in [4.69, 9.17) is 28.2 Å². The topological polar surface area (TPSA) is 37.2 Å². The number of halogens is 4. The second-order valence-corrected chi connectivity index (χ2v) is 6.85. The minimum Gasteiger partial charge on any atom is -0.467 e. The van der Waals surface area contributed by atoms with E-state index in [1.54, 1.807) is 6.26 Å². The van der Waals surface area contributed by atoms with E-state index in [0.717, 1.165) is 37.5 Å². The third kappa shape index (κ3) is 3.93. The lowest BCUT2D eigenvalue weighted by Gasteiger charge is -2.30. The molecule has 1 aromatic carbocycles. The average molecular weight is 389 g/mol. The first kappa shape index (κ1) is 18.1. The van der Waals surface area contributed by atoms with E-state index >= 15 is 0 Å². The highest BCUT2D eigenvalue weighted by atomic mass is 35.5. The first-order chi connectivity index (χ1) is 11.8. The van der Waals surface area contributed by atoms with Crippen molar-refractivity contribution in [3.05, 3.63) is 52.9 Å². The summed E-state index contributed by atoms with van der Waals surface area (Å²) in [7, 11) is 0. The Kier molecular flexibility index (Phi) is 4.97. The maximum atomic E-state index is 13.0. The second-order valence-electron chi connectivity index (χ2n) is 6.04. The first-order valence-electron chi connectivity index (χ1n) is 7.80. The predicted octanol–water partition coefficient (Wildman–Crippen LogP) is 5.71. The van der Waals surface area contributed by atoms with E-state index in [1.165, 1.54) is 12.1 Å². The molecule has 0 radical (unpaired) electrons. The SMILES string of the molecule is FC(F)(F)c1cc(NC(=S)NC2(c3ccco3)CCCC2)ccc1Cl. The van der Waals surface area contributed by atoms with E-state index in [9.17, 15) is 13.2 Å². The first-order valence-corrected chi connectivity index (χ1v) is 8.59. The van der Waals surface area contributed by atoms with E-state index < -0.39 is 17.3 Å². The number of hydrogen-bond donors (Lipinski definition) is 2. The van der Waals surface area contributed by atoms with E-state index in [0.29, 0.717) is 0 Å². The molecule has 134 valence electrons. The van der Waals surface area contributed by atoms with Crippen molar-refractivity contribution in [3.8, 4) is 0 Å². The van der Waals surface area contributed by atoms with Gasteiger partial charge in [0.2, 0.25) is 0 Å². The molecule has 2 N–H and O–H groups in total. The quantitative estimate of drug-likeness (QED) is 0.660. The molecule has 0 bridgehead atoms. The number of benzene rings is 1. The van der Waals surface area contributed by atoms with Gasteiger partial charge in [0.1, 0.15) is 5.76 Å². The summed E-state index contributed by atoms with van der Waals surface area (Å²) in [4.78, 5) is 0. The van der Waals surface area contributed by atoms with Crippen LogP contribution in [0.1, 0.15) is 37.0 Å². The van der Waals surface area contributed by atoms with Crippen molar-refractivity contribution in [1.82, 2.24) is 5.32 Å². The third-order valence-corrected chi connectivity index (χ3v) is 4.87. The highest BCUT2D eigenvalue weighted by molar-refractivity contribution is 7.80. The van der Waals surface area contributed by atoms with Crippen molar-refractivity contribution >= 4 is 34.6 Å². The van der Waals surface area contributed by atoms with Crippen LogP contribution in [-0.2, 0) is 11.7 Å². The number of hydrogen-bond acceptors (Lipinski definition) is 2. The molecule has 1 aromatic heterocycles. The Hall–Kier alpha value is -1.73. The molecule has 1 aliphatic rings. The maximum absolute atomic E-state index is 13.0. The van der Waals surface area contributed by atoms with E-state index in [1.807, 2.05) is 12.1 Å². The Morgan fingerprint density at radius 2 is 1.92 bits per heavy atom. The fourth-order valence-corrected chi connectivity index (χ4v) is 3.70. The predicted molar refractivity (Wildman–Crippen MR) is 94.7 cm³/mol. The van der Waals surface area contributed by atoms with Gasteiger partial charge in [-0.25, -0.2) is 0 Å². The molecule has 3 rings (SSSR count). The molecule has 3 nitrogen and oxygen atoms in total. The molecule has 1 fully saturated rings. The smallest absolute Gasteiger partial charge is 0.417 e. The summed E-state index contributed by atoms with van der Waals surface area (Å²) in [6, 6.07) is 7.30. The third-order valence-electron chi connectivity index (χ3n) is 4.33. The van der Waals surface area contributed by atoms with Gasteiger partial charge in [-0.1, -0.05) is 24.4 Å². The Morgan fingerprint density at radius 3 is 2.52 bits per heavy atom. The summed E-state index contributed by atoms with van der Waals surface area (Å²) >= 11 is 10.9. The van der Waals surface area contributed by atoms with Gasteiger partial charge < -0.3 is 15.1 Å². The highest BCUT2D eigenvalue weighted by Gasteiger charge is 2.39. The van der Waals surface area contributed by atoms with Crippen LogP contribution in [0.25, 0.3) is 0 Å². The number of rotatable bonds is 3. The Morgan fingerprint density at radius 1 is 1.20 bits per heavy atom. The largest absolute Gasteiger partial charge is 0.467 e. The minimum atomic E-state index is -4.52. The number of nitrogens with one attached hydrogen (secondary N) is 2. The van der Waals surface area contributed by atoms with Crippen LogP contribution in [0, 0.1) is 0 Å². The van der Waals surface area contributed by atoms with Gasteiger partial charge >= 0.3 is 6.18 Å². The molecular formula is C17H16ClF3N2OS. The standard InChI is InChI=1S/C17H16ClF3N2OS/c18-13-6-5-11(10-12(13)17(19,20)21)22-15(25)23-16(7-1-2-8-16)14-4-3-9-24-14/h3-6,9-10H,1-2,7-8H2,(H2,22,23,25). The molecular weight excluding hydrogens is 373 g/mol. The van der Waals surface area contributed by atoms with Crippen LogP contribution in [0.15, 0.2) is 41.0 Å². The lowest BCUT2D eigenvalue weighted by Crippen LogP contribution is -2.45. The van der Waals surface area contributed by atoms with Crippen molar-refractivity contribution in [3.63, 3.8) is 0 Å². The summed E-state index contributed by atoms with van der Waals surface area (Å²) in [5, 5.41) is 5.94. The highest BCUT2D eigenvalue weighted by Crippen LogP contribution is 2.39.